The number of hydrogen-bond acceptors (Lipinski definition) is 3. The summed E-state index contributed by atoms with van der Waals surface area (Å²) < 4.78 is 25.9. The quantitative estimate of drug-likeness (QED) is 0.852. The molecule has 0 aliphatic carbocycles. The van der Waals surface area contributed by atoms with Crippen molar-refractivity contribution in [3.63, 3.8) is 0 Å². The van der Waals surface area contributed by atoms with Crippen molar-refractivity contribution in [1.82, 2.24) is 9.62 Å². The number of sulfonamides is 1. The Hall–Kier alpha value is -0.130. The van der Waals surface area contributed by atoms with E-state index in [1.807, 2.05) is 0 Å². The molecular weight excluding hydrogens is 248 g/mol. The first-order valence-corrected chi connectivity index (χ1v) is 8.41. The molecule has 0 amide bonds. The van der Waals surface area contributed by atoms with E-state index in [1.54, 1.807) is 25.1 Å². The summed E-state index contributed by atoms with van der Waals surface area (Å²) >= 11 is 0. The highest BCUT2D eigenvalue weighted by Gasteiger charge is 2.39. The number of rotatable bonds is 4. The first-order chi connectivity index (χ1) is 8.24. The Balaban J connectivity index is 2.80. The summed E-state index contributed by atoms with van der Waals surface area (Å²) in [6.45, 7) is 11.8. The zero-order valence-electron chi connectivity index (χ0n) is 12.4. The Morgan fingerprint density at radius 1 is 1.28 bits per heavy atom. The predicted octanol–water partition coefficient (Wildman–Crippen LogP) is 1.82. The van der Waals surface area contributed by atoms with Crippen LogP contribution >= 0.6 is 0 Å². The Bertz CT molecular complexity index is 360. The van der Waals surface area contributed by atoms with Crippen molar-refractivity contribution in [3.05, 3.63) is 0 Å². The molecule has 1 rings (SSSR count). The molecule has 0 aromatic heterocycles. The maximum absolute atomic E-state index is 12.4. The van der Waals surface area contributed by atoms with Crippen molar-refractivity contribution >= 4 is 10.0 Å². The van der Waals surface area contributed by atoms with Gasteiger partial charge in [0.25, 0.3) is 0 Å². The molecule has 0 aromatic rings. The molecule has 1 N–H and O–H groups in total. The van der Waals surface area contributed by atoms with Crippen LogP contribution in [0.2, 0.25) is 0 Å². The first-order valence-electron chi connectivity index (χ1n) is 6.97. The monoisotopic (exact) mass is 276 g/mol. The van der Waals surface area contributed by atoms with Crippen LogP contribution in [0.5, 0.6) is 0 Å². The number of nitrogens with one attached hydrogen (secondary N) is 1. The van der Waals surface area contributed by atoms with E-state index in [-0.39, 0.29) is 0 Å². The summed E-state index contributed by atoms with van der Waals surface area (Å²) in [6.07, 6.45) is 1.94. The average molecular weight is 276 g/mol. The SMILES string of the molecule is CCNC1CCN(S(=O)(=O)C(C)(C)C)CC1CC. The molecule has 0 radical (unpaired) electrons. The van der Waals surface area contributed by atoms with E-state index in [0.717, 1.165) is 19.4 Å². The molecule has 1 aliphatic rings. The Labute approximate surface area is 112 Å². The molecule has 18 heavy (non-hydrogen) atoms. The van der Waals surface area contributed by atoms with Gasteiger partial charge in [-0.3, -0.25) is 0 Å². The Morgan fingerprint density at radius 2 is 1.89 bits per heavy atom. The lowest BCUT2D eigenvalue weighted by Crippen LogP contribution is -2.54. The number of hydrogen-bond donors (Lipinski definition) is 1. The van der Waals surface area contributed by atoms with Gasteiger partial charge in [0, 0.05) is 19.1 Å². The van der Waals surface area contributed by atoms with Gasteiger partial charge in [0.2, 0.25) is 10.0 Å². The van der Waals surface area contributed by atoms with Crippen LogP contribution in [0.25, 0.3) is 0 Å². The molecule has 0 bridgehead atoms. The van der Waals surface area contributed by atoms with E-state index in [1.165, 1.54) is 0 Å². The normalized spacial score (nSPS) is 27.4. The third-order valence-electron chi connectivity index (χ3n) is 3.80. The molecule has 1 fully saturated rings. The summed E-state index contributed by atoms with van der Waals surface area (Å²) in [5.74, 6) is 0.427. The maximum Gasteiger partial charge on any atom is 0.219 e. The van der Waals surface area contributed by atoms with Crippen LogP contribution in [0.3, 0.4) is 0 Å². The van der Waals surface area contributed by atoms with Crippen molar-refractivity contribution in [2.45, 2.75) is 58.2 Å². The second kappa shape index (κ2) is 5.88. The number of piperidine rings is 1. The second-order valence-electron chi connectivity index (χ2n) is 6.10. The van der Waals surface area contributed by atoms with Crippen molar-refractivity contribution < 1.29 is 8.42 Å². The van der Waals surface area contributed by atoms with Gasteiger partial charge in [0.15, 0.2) is 0 Å². The summed E-state index contributed by atoms with van der Waals surface area (Å²) in [5, 5.41) is 3.47. The minimum atomic E-state index is -3.18. The average Bonchev–Trinajstić information content (AvgIpc) is 2.28. The molecule has 1 heterocycles. The van der Waals surface area contributed by atoms with Gasteiger partial charge in [-0.1, -0.05) is 20.3 Å². The lowest BCUT2D eigenvalue weighted by atomic mass is 9.91. The summed E-state index contributed by atoms with van der Waals surface area (Å²) in [5.41, 5.74) is 0. The fourth-order valence-corrected chi connectivity index (χ4v) is 4.06. The summed E-state index contributed by atoms with van der Waals surface area (Å²) in [4.78, 5) is 0. The van der Waals surface area contributed by atoms with Crippen LogP contribution in [-0.4, -0.2) is 43.1 Å². The van der Waals surface area contributed by atoms with E-state index in [2.05, 4.69) is 19.2 Å². The van der Waals surface area contributed by atoms with E-state index in [9.17, 15) is 8.42 Å². The predicted molar refractivity (Wildman–Crippen MR) is 76.1 cm³/mol. The minimum absolute atomic E-state index is 0.427. The van der Waals surface area contributed by atoms with E-state index >= 15 is 0 Å². The van der Waals surface area contributed by atoms with Gasteiger partial charge >= 0.3 is 0 Å². The molecular formula is C13H28N2O2S. The fraction of sp³-hybridized carbons (Fsp3) is 1.00. The highest BCUT2D eigenvalue weighted by Crippen LogP contribution is 2.27. The first kappa shape index (κ1) is 15.9. The molecule has 4 nitrogen and oxygen atoms in total. The van der Waals surface area contributed by atoms with Crippen molar-refractivity contribution in [2.75, 3.05) is 19.6 Å². The maximum atomic E-state index is 12.4. The van der Waals surface area contributed by atoms with E-state index in [0.29, 0.717) is 25.0 Å². The largest absolute Gasteiger partial charge is 0.314 e. The van der Waals surface area contributed by atoms with Crippen molar-refractivity contribution in [2.24, 2.45) is 5.92 Å². The molecule has 0 spiro atoms. The molecule has 5 heteroatoms. The van der Waals surface area contributed by atoms with Crippen molar-refractivity contribution in [1.29, 1.82) is 0 Å². The third-order valence-corrected chi connectivity index (χ3v) is 6.36. The number of nitrogens with zero attached hydrogens (tertiary/aromatic N) is 1. The zero-order valence-corrected chi connectivity index (χ0v) is 13.2. The lowest BCUT2D eigenvalue weighted by molar-refractivity contribution is 0.201. The molecule has 0 saturated carbocycles. The van der Waals surface area contributed by atoms with Gasteiger partial charge in [-0.2, -0.15) is 0 Å². The molecule has 2 atom stereocenters. The third kappa shape index (κ3) is 3.25. The van der Waals surface area contributed by atoms with Crippen molar-refractivity contribution in [3.8, 4) is 0 Å². The van der Waals surface area contributed by atoms with Crippen LogP contribution < -0.4 is 5.32 Å². The highest BCUT2D eigenvalue weighted by atomic mass is 32.2. The standard InChI is InChI=1S/C13H28N2O2S/c1-6-11-10-15(9-8-12(11)14-7-2)18(16,17)13(3,4)5/h11-12,14H,6-10H2,1-5H3. The van der Waals surface area contributed by atoms with Gasteiger partial charge in [0.05, 0.1) is 4.75 Å². The lowest BCUT2D eigenvalue weighted by Gasteiger charge is -2.40. The second-order valence-corrected chi connectivity index (χ2v) is 8.79. The fourth-order valence-electron chi connectivity index (χ4n) is 2.55. The van der Waals surface area contributed by atoms with Crippen LogP contribution in [0.1, 0.15) is 47.5 Å². The molecule has 0 aromatic carbocycles. The van der Waals surface area contributed by atoms with Gasteiger partial charge in [-0.05, 0) is 39.7 Å². The molecule has 1 saturated heterocycles. The molecule has 108 valence electrons. The highest BCUT2D eigenvalue weighted by molar-refractivity contribution is 7.90. The topological polar surface area (TPSA) is 49.4 Å². The van der Waals surface area contributed by atoms with Crippen LogP contribution in [0.4, 0.5) is 0 Å². The van der Waals surface area contributed by atoms with Gasteiger partial charge < -0.3 is 5.32 Å². The summed E-state index contributed by atoms with van der Waals surface area (Å²) in [7, 11) is -3.18. The van der Waals surface area contributed by atoms with Crippen LogP contribution in [0, 0.1) is 5.92 Å². The summed E-state index contributed by atoms with van der Waals surface area (Å²) in [6, 6.07) is 0.464. The molecule has 2 unspecified atom stereocenters. The van der Waals surface area contributed by atoms with Crippen LogP contribution in [-0.2, 0) is 10.0 Å². The Morgan fingerprint density at radius 3 is 2.33 bits per heavy atom. The van der Waals surface area contributed by atoms with Gasteiger partial charge in [-0.25, -0.2) is 12.7 Å². The van der Waals surface area contributed by atoms with Gasteiger partial charge in [-0.15, -0.1) is 0 Å². The van der Waals surface area contributed by atoms with E-state index < -0.39 is 14.8 Å². The minimum Gasteiger partial charge on any atom is -0.314 e. The smallest absolute Gasteiger partial charge is 0.219 e. The van der Waals surface area contributed by atoms with Crippen LogP contribution in [0.15, 0.2) is 0 Å². The zero-order chi connectivity index (χ0) is 14.0. The van der Waals surface area contributed by atoms with Gasteiger partial charge in [0.1, 0.15) is 0 Å². The Kier molecular flexibility index (Phi) is 5.21. The molecule has 1 aliphatic heterocycles. The van der Waals surface area contributed by atoms with E-state index in [4.69, 9.17) is 0 Å².